The fraction of sp³-hybridized carbons (Fsp3) is 0.293. The average Bonchev–Trinajstić information content (AvgIpc) is 3.40. The van der Waals surface area contributed by atoms with Crippen LogP contribution in [0.5, 0.6) is 0 Å². The summed E-state index contributed by atoms with van der Waals surface area (Å²) in [5.74, 6) is -0.404. The molecule has 2 aliphatic rings. The van der Waals surface area contributed by atoms with Crippen LogP contribution in [0.3, 0.4) is 0 Å². The summed E-state index contributed by atoms with van der Waals surface area (Å²) >= 11 is 0. The van der Waals surface area contributed by atoms with Crippen LogP contribution >= 0.6 is 0 Å². The fourth-order valence-electron chi connectivity index (χ4n) is 6.92. The predicted octanol–water partition coefficient (Wildman–Crippen LogP) is 6.36. The van der Waals surface area contributed by atoms with Crippen molar-refractivity contribution in [3.05, 3.63) is 131 Å². The standard InChI is InChI=1S/C41H46N4O5S/c1-27(2)38(46)42-24-11-25-43-39(47)30-16-14-28(15-17-30)29(18-22-36-40(3,4)32-12-9-10-13-34(32)44(36)7)19-23-37-41(5,6)33-26-31(51(48,49)50)20-21-35(33)45(37)8/h9-10,12-23,26H,1,11,24-25H2,2-8H3,(H2-,42,43,46,47,48,49,50). The van der Waals surface area contributed by atoms with E-state index in [1.165, 1.54) is 17.7 Å². The Bertz CT molecular complexity index is 2140. The molecule has 0 atom stereocenters. The number of hydrogen-bond acceptors (Lipinski definition) is 6. The minimum atomic E-state index is -4.61. The number of amides is 2. The molecule has 3 aromatic rings. The van der Waals surface area contributed by atoms with E-state index in [9.17, 15) is 22.6 Å². The Morgan fingerprint density at radius 3 is 2.22 bits per heavy atom. The van der Waals surface area contributed by atoms with Gasteiger partial charge in [-0.05, 0) is 86.4 Å². The summed E-state index contributed by atoms with van der Waals surface area (Å²) < 4.78 is 37.7. The third-order valence-electron chi connectivity index (χ3n) is 9.87. The predicted molar refractivity (Wildman–Crippen MR) is 203 cm³/mol. The van der Waals surface area contributed by atoms with Gasteiger partial charge in [0.05, 0.1) is 10.3 Å². The number of nitrogens with zero attached hydrogens (tertiary/aromatic N) is 2. The zero-order valence-corrected chi connectivity index (χ0v) is 31.1. The van der Waals surface area contributed by atoms with Crippen molar-refractivity contribution in [2.75, 3.05) is 32.1 Å². The first kappa shape index (κ1) is 37.2. The Kier molecular flexibility index (Phi) is 10.4. The number of hydrogen-bond donors (Lipinski definition) is 2. The smallest absolute Gasteiger partial charge is 0.251 e. The Balaban J connectivity index is 1.46. The molecule has 0 saturated carbocycles. The van der Waals surface area contributed by atoms with E-state index >= 15 is 0 Å². The van der Waals surface area contributed by atoms with E-state index in [1.54, 1.807) is 25.1 Å². The molecule has 0 fully saturated rings. The lowest BCUT2D eigenvalue weighted by Gasteiger charge is -2.24. The third kappa shape index (κ3) is 7.52. The van der Waals surface area contributed by atoms with Gasteiger partial charge in [-0.2, -0.15) is 4.58 Å². The first-order valence-corrected chi connectivity index (χ1v) is 18.3. The van der Waals surface area contributed by atoms with Crippen LogP contribution in [0.1, 0.15) is 68.1 Å². The molecule has 0 aliphatic carbocycles. The van der Waals surface area contributed by atoms with Crippen molar-refractivity contribution in [3.8, 4) is 0 Å². The van der Waals surface area contributed by atoms with Gasteiger partial charge in [0.25, 0.3) is 5.91 Å². The number of para-hydroxylation sites is 1. The van der Waals surface area contributed by atoms with E-state index < -0.39 is 15.5 Å². The van der Waals surface area contributed by atoms with Crippen LogP contribution in [-0.2, 0) is 25.7 Å². The minimum Gasteiger partial charge on any atom is -0.744 e. The van der Waals surface area contributed by atoms with Gasteiger partial charge in [0.15, 0.2) is 5.71 Å². The molecule has 0 bridgehead atoms. The number of likely N-dealkylation sites (N-methyl/N-ethyl adjacent to an activating group) is 1. The minimum absolute atomic E-state index is 0.201. The number of anilines is 1. The van der Waals surface area contributed by atoms with Crippen molar-refractivity contribution in [2.24, 2.45) is 0 Å². The molecule has 2 aliphatic heterocycles. The topological polar surface area (TPSA) is 122 Å². The van der Waals surface area contributed by atoms with E-state index in [4.69, 9.17) is 0 Å². The van der Waals surface area contributed by atoms with Crippen molar-refractivity contribution in [3.63, 3.8) is 0 Å². The molecule has 10 heteroatoms. The van der Waals surface area contributed by atoms with Gasteiger partial charge >= 0.3 is 0 Å². The molecule has 0 aromatic heterocycles. The Morgan fingerprint density at radius 1 is 0.922 bits per heavy atom. The van der Waals surface area contributed by atoms with Crippen LogP contribution in [0.2, 0.25) is 0 Å². The SMILES string of the molecule is C=C(C)C(=O)NCCCNC(=O)c1ccc(C(=C\C=C2\N(C)c3ccc(S(=O)(=O)[O-])cc3C2(C)C)/C=C/C2=[N+](C)c3ccccc3C2(C)C)cc1. The van der Waals surface area contributed by atoms with E-state index in [-0.39, 0.29) is 22.1 Å². The second-order valence-corrected chi connectivity index (χ2v) is 15.5. The van der Waals surface area contributed by atoms with E-state index in [1.807, 2.05) is 56.1 Å². The van der Waals surface area contributed by atoms with Gasteiger partial charge in [-0.3, -0.25) is 9.59 Å². The van der Waals surface area contributed by atoms with Crippen molar-refractivity contribution >= 4 is 44.6 Å². The maximum atomic E-state index is 12.9. The molecule has 5 rings (SSSR count). The van der Waals surface area contributed by atoms with Crippen LogP contribution in [0.4, 0.5) is 11.4 Å². The van der Waals surface area contributed by atoms with Crippen LogP contribution in [0, 0.1) is 0 Å². The number of carbonyl (C=O) groups excluding carboxylic acids is 2. The molecule has 0 saturated heterocycles. The van der Waals surface area contributed by atoms with E-state index in [2.05, 4.69) is 73.0 Å². The second-order valence-electron chi connectivity index (χ2n) is 14.1. The highest BCUT2D eigenvalue weighted by molar-refractivity contribution is 7.85. The van der Waals surface area contributed by atoms with Gasteiger partial charge in [-0.25, -0.2) is 8.42 Å². The van der Waals surface area contributed by atoms with Crippen LogP contribution < -0.4 is 15.5 Å². The monoisotopic (exact) mass is 706 g/mol. The van der Waals surface area contributed by atoms with Crippen molar-refractivity contribution in [2.45, 2.75) is 56.8 Å². The molecule has 0 spiro atoms. The molecule has 2 amide bonds. The van der Waals surface area contributed by atoms with Crippen molar-refractivity contribution in [1.29, 1.82) is 0 Å². The molecule has 0 radical (unpaired) electrons. The van der Waals surface area contributed by atoms with Gasteiger partial charge in [0, 0.05) is 65.8 Å². The quantitative estimate of drug-likeness (QED) is 0.0787. The second kappa shape index (κ2) is 14.3. The van der Waals surface area contributed by atoms with Gasteiger partial charge in [0.1, 0.15) is 17.2 Å². The Labute approximate surface area is 301 Å². The number of allylic oxidation sites excluding steroid dienone is 6. The summed E-state index contributed by atoms with van der Waals surface area (Å²) in [6, 6.07) is 20.3. The molecule has 2 N–H and O–H groups in total. The molecule has 0 unspecified atom stereocenters. The van der Waals surface area contributed by atoms with Crippen LogP contribution in [-0.4, -0.2) is 62.3 Å². The maximum Gasteiger partial charge on any atom is 0.251 e. The molecule has 3 aromatic carbocycles. The normalized spacial score (nSPS) is 17.1. The van der Waals surface area contributed by atoms with E-state index in [0.29, 0.717) is 30.6 Å². The summed E-state index contributed by atoms with van der Waals surface area (Å²) in [4.78, 5) is 26.4. The Hall–Kier alpha value is -5.06. The lowest BCUT2D eigenvalue weighted by atomic mass is 9.81. The largest absolute Gasteiger partial charge is 0.744 e. The van der Waals surface area contributed by atoms with E-state index in [0.717, 1.165) is 39.5 Å². The first-order chi connectivity index (χ1) is 23.9. The molecular formula is C41H46N4O5S. The summed E-state index contributed by atoms with van der Waals surface area (Å²) in [6.45, 7) is 14.6. The summed E-state index contributed by atoms with van der Waals surface area (Å²) in [5.41, 5.74) is 8.01. The zero-order valence-electron chi connectivity index (χ0n) is 30.3. The maximum absolute atomic E-state index is 12.9. The number of fused-ring (bicyclic) bond motifs is 2. The molecule has 9 nitrogen and oxygen atoms in total. The highest BCUT2D eigenvalue weighted by Crippen LogP contribution is 2.47. The summed E-state index contributed by atoms with van der Waals surface area (Å²) in [7, 11) is -0.603. The number of carbonyl (C=O) groups is 2. The third-order valence-corrected chi connectivity index (χ3v) is 10.7. The number of rotatable bonds is 11. The lowest BCUT2D eigenvalue weighted by Crippen LogP contribution is -2.30. The molecule has 266 valence electrons. The summed E-state index contributed by atoms with van der Waals surface area (Å²) in [5, 5.41) is 5.67. The first-order valence-electron chi connectivity index (χ1n) is 16.9. The highest BCUT2D eigenvalue weighted by atomic mass is 32.2. The van der Waals surface area contributed by atoms with Gasteiger partial charge < -0.3 is 20.1 Å². The molecule has 51 heavy (non-hydrogen) atoms. The Morgan fingerprint density at radius 2 is 1.57 bits per heavy atom. The van der Waals surface area contributed by atoms with Gasteiger partial charge in [0.2, 0.25) is 11.6 Å². The zero-order chi connectivity index (χ0) is 37.3. The average molecular weight is 707 g/mol. The molecular weight excluding hydrogens is 661 g/mol. The van der Waals surface area contributed by atoms with Crippen LogP contribution in [0.25, 0.3) is 5.57 Å². The van der Waals surface area contributed by atoms with Crippen LogP contribution in [0.15, 0.2) is 114 Å². The lowest BCUT2D eigenvalue weighted by molar-refractivity contribution is -0.401. The highest BCUT2D eigenvalue weighted by Gasteiger charge is 2.42. The summed E-state index contributed by atoms with van der Waals surface area (Å²) in [6.07, 6.45) is 8.88. The van der Waals surface area contributed by atoms with Gasteiger partial charge in [-0.15, -0.1) is 0 Å². The van der Waals surface area contributed by atoms with Crippen molar-refractivity contribution < 1.29 is 27.1 Å². The molecule has 2 heterocycles. The van der Waals surface area contributed by atoms with Gasteiger partial charge in [-0.1, -0.05) is 56.8 Å². The number of nitrogens with one attached hydrogen (secondary N) is 2. The fourth-order valence-corrected chi connectivity index (χ4v) is 7.41. The number of benzene rings is 3. The van der Waals surface area contributed by atoms with Crippen molar-refractivity contribution in [1.82, 2.24) is 10.6 Å².